The van der Waals surface area contributed by atoms with Gasteiger partial charge in [0.1, 0.15) is 0 Å². The van der Waals surface area contributed by atoms with Gasteiger partial charge in [-0.25, -0.2) is 0 Å². The van der Waals surface area contributed by atoms with Gasteiger partial charge in [-0.05, 0) is 37.0 Å². The number of nitrogens with one attached hydrogen (secondary N) is 1. The molecule has 0 spiro atoms. The van der Waals surface area contributed by atoms with Gasteiger partial charge in [-0.3, -0.25) is 10.1 Å². The number of rotatable bonds is 3. The van der Waals surface area contributed by atoms with E-state index >= 15 is 0 Å². The summed E-state index contributed by atoms with van der Waals surface area (Å²) in [4.78, 5) is 10.4. The maximum Gasteiger partial charge on any atom is 0.271 e. The van der Waals surface area contributed by atoms with Gasteiger partial charge in [-0.15, -0.1) is 0 Å². The number of aryl methyl sites for hydroxylation is 2. The van der Waals surface area contributed by atoms with Crippen molar-refractivity contribution >= 4 is 11.4 Å². The average Bonchev–Trinajstić information content (AvgIpc) is 2.82. The minimum absolute atomic E-state index is 0.123. The van der Waals surface area contributed by atoms with Crippen LogP contribution in [0.15, 0.2) is 42.5 Å². The lowest BCUT2D eigenvalue weighted by Gasteiger charge is -2.15. The second kappa shape index (κ2) is 4.96. The standard InChI is InChI=1S/C16H16N2O2/c1-11-5-6-12-7-8-16(15(12)9-11)17-13-3-2-4-14(10-13)18(19)20/h2-6,9-10,16-17H,7-8H2,1H3. The molecule has 0 heterocycles. The summed E-state index contributed by atoms with van der Waals surface area (Å²) < 4.78 is 0. The molecule has 3 rings (SSSR count). The van der Waals surface area contributed by atoms with Gasteiger partial charge in [-0.2, -0.15) is 0 Å². The lowest BCUT2D eigenvalue weighted by Crippen LogP contribution is -2.07. The molecule has 2 aromatic rings. The third-order valence-electron chi connectivity index (χ3n) is 3.78. The highest BCUT2D eigenvalue weighted by Gasteiger charge is 2.22. The number of hydrogen-bond acceptors (Lipinski definition) is 3. The lowest BCUT2D eigenvalue weighted by atomic mass is 10.0. The Balaban J connectivity index is 1.85. The molecule has 20 heavy (non-hydrogen) atoms. The van der Waals surface area contributed by atoms with E-state index in [0.29, 0.717) is 0 Å². The highest BCUT2D eigenvalue weighted by Crippen LogP contribution is 2.34. The molecule has 4 nitrogen and oxygen atoms in total. The van der Waals surface area contributed by atoms with Crippen molar-refractivity contribution in [1.29, 1.82) is 0 Å². The average molecular weight is 268 g/mol. The van der Waals surface area contributed by atoms with Crippen molar-refractivity contribution < 1.29 is 4.92 Å². The van der Waals surface area contributed by atoms with Crippen LogP contribution in [0.2, 0.25) is 0 Å². The molecule has 1 aliphatic carbocycles. The second-order valence-electron chi connectivity index (χ2n) is 5.25. The molecule has 0 aliphatic heterocycles. The Hall–Kier alpha value is -2.36. The van der Waals surface area contributed by atoms with Crippen LogP contribution in [-0.4, -0.2) is 4.92 Å². The first-order chi connectivity index (χ1) is 9.63. The van der Waals surface area contributed by atoms with E-state index in [9.17, 15) is 10.1 Å². The van der Waals surface area contributed by atoms with Crippen LogP contribution in [0.5, 0.6) is 0 Å². The van der Waals surface area contributed by atoms with E-state index in [1.807, 2.05) is 6.07 Å². The van der Waals surface area contributed by atoms with E-state index in [1.165, 1.54) is 22.8 Å². The normalized spacial score (nSPS) is 16.8. The topological polar surface area (TPSA) is 55.2 Å². The zero-order valence-corrected chi connectivity index (χ0v) is 11.3. The SMILES string of the molecule is Cc1ccc2c(c1)C(Nc1cccc([N+](=O)[O-])c1)CC2. The second-order valence-corrected chi connectivity index (χ2v) is 5.25. The van der Waals surface area contributed by atoms with Gasteiger partial charge in [0.05, 0.1) is 11.0 Å². The summed E-state index contributed by atoms with van der Waals surface area (Å²) in [5.41, 5.74) is 4.86. The number of nitrogens with zero attached hydrogens (tertiary/aromatic N) is 1. The molecule has 2 aromatic carbocycles. The van der Waals surface area contributed by atoms with Crippen LogP contribution in [0, 0.1) is 17.0 Å². The molecule has 0 aromatic heterocycles. The van der Waals surface area contributed by atoms with E-state index in [4.69, 9.17) is 0 Å². The number of fused-ring (bicyclic) bond motifs is 1. The van der Waals surface area contributed by atoms with E-state index in [2.05, 4.69) is 30.4 Å². The molecule has 1 unspecified atom stereocenters. The first-order valence-corrected chi connectivity index (χ1v) is 6.74. The molecular formula is C16H16N2O2. The van der Waals surface area contributed by atoms with Gasteiger partial charge in [-0.1, -0.05) is 29.8 Å². The zero-order chi connectivity index (χ0) is 14.1. The Labute approximate surface area is 117 Å². The minimum Gasteiger partial charge on any atom is -0.378 e. The summed E-state index contributed by atoms with van der Waals surface area (Å²) in [6, 6.07) is 13.5. The fourth-order valence-electron chi connectivity index (χ4n) is 2.78. The Morgan fingerprint density at radius 1 is 1.25 bits per heavy atom. The van der Waals surface area contributed by atoms with Gasteiger partial charge in [0.15, 0.2) is 0 Å². The molecule has 102 valence electrons. The Kier molecular flexibility index (Phi) is 3.14. The lowest BCUT2D eigenvalue weighted by molar-refractivity contribution is -0.384. The number of hydrogen-bond donors (Lipinski definition) is 1. The van der Waals surface area contributed by atoms with Crippen LogP contribution in [0.25, 0.3) is 0 Å². The minimum atomic E-state index is -0.363. The molecule has 0 fully saturated rings. The molecule has 1 N–H and O–H groups in total. The predicted molar refractivity (Wildman–Crippen MR) is 79.0 cm³/mol. The Morgan fingerprint density at radius 3 is 2.90 bits per heavy atom. The van der Waals surface area contributed by atoms with Crippen molar-refractivity contribution in [1.82, 2.24) is 0 Å². The van der Waals surface area contributed by atoms with Gasteiger partial charge in [0, 0.05) is 17.8 Å². The number of nitro groups is 1. The summed E-state index contributed by atoms with van der Waals surface area (Å²) in [7, 11) is 0. The molecule has 1 aliphatic rings. The van der Waals surface area contributed by atoms with E-state index in [-0.39, 0.29) is 16.7 Å². The third kappa shape index (κ3) is 2.37. The van der Waals surface area contributed by atoms with Crippen LogP contribution in [-0.2, 0) is 6.42 Å². The van der Waals surface area contributed by atoms with Crippen molar-refractivity contribution in [3.05, 3.63) is 69.3 Å². The number of nitro benzene ring substituents is 1. The number of non-ortho nitro benzene ring substituents is 1. The molecule has 0 bridgehead atoms. The molecule has 1 atom stereocenters. The zero-order valence-electron chi connectivity index (χ0n) is 11.3. The number of anilines is 1. The molecule has 0 amide bonds. The van der Waals surface area contributed by atoms with E-state index in [0.717, 1.165) is 18.5 Å². The summed E-state index contributed by atoms with van der Waals surface area (Å²) in [6.45, 7) is 2.09. The smallest absolute Gasteiger partial charge is 0.271 e. The van der Waals surface area contributed by atoms with Crippen molar-refractivity contribution in [2.75, 3.05) is 5.32 Å². The molecule has 4 heteroatoms. The third-order valence-corrected chi connectivity index (χ3v) is 3.78. The van der Waals surface area contributed by atoms with Crippen LogP contribution in [0.3, 0.4) is 0 Å². The largest absolute Gasteiger partial charge is 0.378 e. The number of benzene rings is 2. The maximum absolute atomic E-state index is 10.8. The van der Waals surface area contributed by atoms with Crippen LogP contribution >= 0.6 is 0 Å². The van der Waals surface area contributed by atoms with E-state index in [1.54, 1.807) is 12.1 Å². The van der Waals surface area contributed by atoms with Crippen molar-refractivity contribution in [2.24, 2.45) is 0 Å². The van der Waals surface area contributed by atoms with Gasteiger partial charge < -0.3 is 5.32 Å². The van der Waals surface area contributed by atoms with Crippen molar-refractivity contribution in [2.45, 2.75) is 25.8 Å². The molecule has 0 radical (unpaired) electrons. The summed E-state index contributed by atoms with van der Waals surface area (Å²) in [5, 5.41) is 14.2. The van der Waals surface area contributed by atoms with Crippen molar-refractivity contribution in [3.63, 3.8) is 0 Å². The Morgan fingerprint density at radius 2 is 2.10 bits per heavy atom. The van der Waals surface area contributed by atoms with E-state index < -0.39 is 0 Å². The monoisotopic (exact) mass is 268 g/mol. The summed E-state index contributed by atoms with van der Waals surface area (Å²) in [6.07, 6.45) is 2.09. The fraction of sp³-hybridized carbons (Fsp3) is 0.250. The van der Waals surface area contributed by atoms with Gasteiger partial charge in [0.2, 0.25) is 0 Å². The molecule has 0 saturated carbocycles. The first-order valence-electron chi connectivity index (χ1n) is 6.74. The fourth-order valence-corrected chi connectivity index (χ4v) is 2.78. The van der Waals surface area contributed by atoms with Gasteiger partial charge >= 0.3 is 0 Å². The van der Waals surface area contributed by atoms with Crippen LogP contribution in [0.1, 0.15) is 29.2 Å². The molecule has 0 saturated heterocycles. The summed E-state index contributed by atoms with van der Waals surface area (Å²) in [5.74, 6) is 0. The highest BCUT2D eigenvalue weighted by molar-refractivity contribution is 5.53. The maximum atomic E-state index is 10.8. The highest BCUT2D eigenvalue weighted by atomic mass is 16.6. The quantitative estimate of drug-likeness (QED) is 0.676. The summed E-state index contributed by atoms with van der Waals surface area (Å²) >= 11 is 0. The molecular weight excluding hydrogens is 252 g/mol. The first kappa shape index (κ1) is 12.7. The Bertz CT molecular complexity index is 667. The predicted octanol–water partition coefficient (Wildman–Crippen LogP) is 4.00. The van der Waals surface area contributed by atoms with Crippen molar-refractivity contribution in [3.8, 4) is 0 Å². The van der Waals surface area contributed by atoms with Crippen LogP contribution in [0.4, 0.5) is 11.4 Å². The van der Waals surface area contributed by atoms with Gasteiger partial charge in [0.25, 0.3) is 5.69 Å². The van der Waals surface area contributed by atoms with Crippen LogP contribution < -0.4 is 5.32 Å².